The Balaban J connectivity index is 3.31. The quantitative estimate of drug-likeness (QED) is 0.360. The molecule has 5 atom stereocenters. The summed E-state index contributed by atoms with van der Waals surface area (Å²) in [4.78, 5) is 57.6. The predicted octanol–water partition coefficient (Wildman–Crippen LogP) is -1.86. The Kier molecular flexibility index (Phi) is 8.79. The van der Waals surface area contributed by atoms with E-state index in [2.05, 4.69) is 5.32 Å². The van der Waals surface area contributed by atoms with Gasteiger partial charge in [0.15, 0.2) is 12.2 Å². The first-order chi connectivity index (χ1) is 13.0. The molecule has 0 bridgehead atoms. The highest BCUT2D eigenvalue weighted by molar-refractivity contribution is 5.78. The minimum atomic E-state index is -1.43. The summed E-state index contributed by atoms with van der Waals surface area (Å²) in [5.74, 6) is -3.56. The average molecular weight is 404 g/mol. The van der Waals surface area contributed by atoms with E-state index < -0.39 is 67.0 Å². The average Bonchev–Trinajstić information content (AvgIpc) is 2.56. The molecule has 0 aliphatic carbocycles. The van der Waals surface area contributed by atoms with Crippen molar-refractivity contribution < 1.29 is 47.7 Å². The molecule has 28 heavy (non-hydrogen) atoms. The van der Waals surface area contributed by atoms with Crippen LogP contribution < -0.4 is 11.1 Å². The van der Waals surface area contributed by atoms with E-state index in [0.29, 0.717) is 0 Å². The lowest BCUT2D eigenvalue weighted by atomic mass is 9.96. The molecule has 0 saturated carbocycles. The van der Waals surface area contributed by atoms with Crippen LogP contribution in [-0.2, 0) is 47.7 Å². The molecule has 2 unspecified atom stereocenters. The molecule has 1 amide bonds. The van der Waals surface area contributed by atoms with E-state index in [1.165, 1.54) is 0 Å². The van der Waals surface area contributed by atoms with Gasteiger partial charge in [-0.1, -0.05) is 0 Å². The molecule has 0 aromatic rings. The zero-order chi connectivity index (χ0) is 21.4. The van der Waals surface area contributed by atoms with Crippen LogP contribution in [0.1, 0.15) is 27.7 Å². The van der Waals surface area contributed by atoms with Gasteiger partial charge in [-0.3, -0.25) is 24.0 Å². The Morgan fingerprint density at radius 1 is 0.857 bits per heavy atom. The van der Waals surface area contributed by atoms with Crippen molar-refractivity contribution in [2.75, 3.05) is 13.2 Å². The molecular formula is C16H24N2O10. The van der Waals surface area contributed by atoms with Gasteiger partial charge in [0.2, 0.25) is 12.2 Å². The molecule has 1 saturated heterocycles. The Hall–Kier alpha value is -2.73. The zero-order valence-electron chi connectivity index (χ0n) is 16.0. The SMILES string of the molecule is CC(=O)OCC1O[C@@H](OC(C)=O)C(NC(=O)CN)[C@@H](OC(C)=O)[C@@H]1OC(C)=O. The fourth-order valence-electron chi connectivity index (χ4n) is 2.56. The highest BCUT2D eigenvalue weighted by Gasteiger charge is 2.52. The van der Waals surface area contributed by atoms with E-state index in [9.17, 15) is 24.0 Å². The van der Waals surface area contributed by atoms with Gasteiger partial charge in [0.1, 0.15) is 18.8 Å². The van der Waals surface area contributed by atoms with E-state index >= 15 is 0 Å². The maximum absolute atomic E-state index is 11.8. The second kappa shape index (κ2) is 10.6. The van der Waals surface area contributed by atoms with Crippen LogP contribution in [0.15, 0.2) is 0 Å². The molecule has 0 aromatic heterocycles. The number of carbonyl (C=O) groups excluding carboxylic acids is 5. The maximum atomic E-state index is 11.8. The number of nitrogens with one attached hydrogen (secondary N) is 1. The number of carbonyl (C=O) groups is 5. The Bertz CT molecular complexity index is 623. The van der Waals surface area contributed by atoms with Gasteiger partial charge in [-0.25, -0.2) is 0 Å². The summed E-state index contributed by atoms with van der Waals surface area (Å²) < 4.78 is 26.0. The third kappa shape index (κ3) is 7.12. The van der Waals surface area contributed by atoms with Gasteiger partial charge in [-0.2, -0.15) is 0 Å². The minimum Gasteiger partial charge on any atom is -0.463 e. The molecule has 0 aromatic carbocycles. The van der Waals surface area contributed by atoms with Crippen LogP contribution in [0.2, 0.25) is 0 Å². The number of amides is 1. The molecule has 1 heterocycles. The summed E-state index contributed by atoms with van der Waals surface area (Å²) in [5.41, 5.74) is 5.30. The van der Waals surface area contributed by atoms with Crippen LogP contribution in [-0.4, -0.2) is 73.6 Å². The largest absolute Gasteiger partial charge is 0.463 e. The number of rotatable bonds is 7. The van der Waals surface area contributed by atoms with Crippen molar-refractivity contribution in [1.82, 2.24) is 5.32 Å². The Labute approximate surface area is 160 Å². The van der Waals surface area contributed by atoms with Gasteiger partial charge in [0.25, 0.3) is 0 Å². The zero-order valence-corrected chi connectivity index (χ0v) is 16.0. The maximum Gasteiger partial charge on any atom is 0.305 e. The second-order valence-electron chi connectivity index (χ2n) is 5.90. The van der Waals surface area contributed by atoms with Gasteiger partial charge in [-0.15, -0.1) is 0 Å². The molecule has 1 aliphatic heterocycles. The first-order valence-electron chi connectivity index (χ1n) is 8.35. The summed E-state index contributed by atoms with van der Waals surface area (Å²) >= 11 is 0. The van der Waals surface area contributed by atoms with Gasteiger partial charge >= 0.3 is 23.9 Å². The van der Waals surface area contributed by atoms with Gasteiger partial charge in [0.05, 0.1) is 6.54 Å². The Morgan fingerprint density at radius 3 is 1.86 bits per heavy atom. The standard InChI is InChI=1S/C16H24N2O10/c1-7(19)24-6-11-14(25-8(2)20)15(26-9(3)21)13(18-12(23)5-17)16(28-11)27-10(4)22/h11,13-16H,5-6,17H2,1-4H3,(H,18,23)/t11?,13?,14-,15-,16-/m1/s1. The molecule has 12 heteroatoms. The molecule has 0 spiro atoms. The first kappa shape index (κ1) is 23.3. The summed E-state index contributed by atoms with van der Waals surface area (Å²) in [6, 6.07) is -1.23. The molecule has 1 rings (SSSR count). The van der Waals surface area contributed by atoms with Crippen LogP contribution in [0.25, 0.3) is 0 Å². The predicted molar refractivity (Wildman–Crippen MR) is 89.2 cm³/mol. The summed E-state index contributed by atoms with van der Waals surface area (Å²) in [6.45, 7) is 3.67. The molecule has 12 nitrogen and oxygen atoms in total. The molecule has 1 aliphatic rings. The molecule has 3 N–H and O–H groups in total. The number of hydrogen-bond acceptors (Lipinski definition) is 11. The van der Waals surface area contributed by atoms with E-state index in [-0.39, 0.29) is 6.61 Å². The third-order valence-electron chi connectivity index (χ3n) is 3.50. The molecular weight excluding hydrogens is 380 g/mol. The summed E-state index contributed by atoms with van der Waals surface area (Å²) in [7, 11) is 0. The number of esters is 4. The smallest absolute Gasteiger partial charge is 0.305 e. The minimum absolute atomic E-state index is 0.389. The molecule has 1 fully saturated rings. The first-order valence-corrected chi connectivity index (χ1v) is 8.35. The second-order valence-corrected chi connectivity index (χ2v) is 5.90. The monoisotopic (exact) mass is 404 g/mol. The van der Waals surface area contributed by atoms with Crippen LogP contribution in [0.3, 0.4) is 0 Å². The lowest BCUT2D eigenvalue weighted by Crippen LogP contribution is -2.67. The van der Waals surface area contributed by atoms with Crippen molar-refractivity contribution in [3.05, 3.63) is 0 Å². The lowest BCUT2D eigenvalue weighted by molar-refractivity contribution is -0.271. The topological polar surface area (TPSA) is 170 Å². The van der Waals surface area contributed by atoms with Crippen LogP contribution in [0.5, 0.6) is 0 Å². The number of ether oxygens (including phenoxy) is 5. The van der Waals surface area contributed by atoms with E-state index in [1.54, 1.807) is 0 Å². The van der Waals surface area contributed by atoms with E-state index in [1.807, 2.05) is 0 Å². The van der Waals surface area contributed by atoms with Crippen LogP contribution in [0.4, 0.5) is 0 Å². The highest BCUT2D eigenvalue weighted by Crippen LogP contribution is 2.28. The van der Waals surface area contributed by atoms with E-state index in [4.69, 9.17) is 29.4 Å². The fourth-order valence-corrected chi connectivity index (χ4v) is 2.56. The number of nitrogens with two attached hydrogens (primary N) is 1. The summed E-state index contributed by atoms with van der Waals surface area (Å²) in [5, 5.41) is 2.43. The fraction of sp³-hybridized carbons (Fsp3) is 0.688. The van der Waals surface area contributed by atoms with E-state index in [0.717, 1.165) is 27.7 Å². The normalized spacial score (nSPS) is 26.5. The van der Waals surface area contributed by atoms with Crippen molar-refractivity contribution >= 4 is 29.8 Å². The number of hydrogen-bond donors (Lipinski definition) is 2. The van der Waals surface area contributed by atoms with Crippen LogP contribution in [0, 0.1) is 0 Å². The van der Waals surface area contributed by atoms with Crippen molar-refractivity contribution in [1.29, 1.82) is 0 Å². The molecule has 0 radical (unpaired) electrons. The van der Waals surface area contributed by atoms with Crippen molar-refractivity contribution in [3.8, 4) is 0 Å². The third-order valence-corrected chi connectivity index (χ3v) is 3.50. The highest BCUT2D eigenvalue weighted by atomic mass is 16.7. The van der Waals surface area contributed by atoms with Crippen molar-refractivity contribution in [3.63, 3.8) is 0 Å². The summed E-state index contributed by atoms with van der Waals surface area (Å²) in [6.07, 6.45) is -5.15. The lowest BCUT2D eigenvalue weighted by Gasteiger charge is -2.44. The van der Waals surface area contributed by atoms with Gasteiger partial charge in [0, 0.05) is 27.7 Å². The van der Waals surface area contributed by atoms with Crippen LogP contribution >= 0.6 is 0 Å². The van der Waals surface area contributed by atoms with Gasteiger partial charge in [-0.05, 0) is 0 Å². The van der Waals surface area contributed by atoms with Crippen molar-refractivity contribution in [2.45, 2.75) is 58.3 Å². The Morgan fingerprint density at radius 2 is 1.39 bits per heavy atom. The van der Waals surface area contributed by atoms with Gasteiger partial charge < -0.3 is 34.7 Å². The molecule has 158 valence electrons. The van der Waals surface area contributed by atoms with Crippen molar-refractivity contribution in [2.24, 2.45) is 5.73 Å².